The molecule has 8 heteroatoms. The molecule has 0 bridgehead atoms. The van der Waals surface area contributed by atoms with E-state index in [1.165, 1.54) is 11.3 Å². The zero-order valence-electron chi connectivity index (χ0n) is 17.6. The van der Waals surface area contributed by atoms with E-state index in [-0.39, 0.29) is 18.4 Å². The van der Waals surface area contributed by atoms with Gasteiger partial charge in [-0.05, 0) is 38.3 Å². The molecule has 1 saturated heterocycles. The van der Waals surface area contributed by atoms with Crippen LogP contribution in [0, 0.1) is 0 Å². The third-order valence-electron chi connectivity index (χ3n) is 6.11. The molecule has 2 atom stereocenters. The van der Waals surface area contributed by atoms with E-state index < -0.39 is 29.4 Å². The zero-order valence-corrected chi connectivity index (χ0v) is 17.6. The Morgan fingerprint density at radius 2 is 1.80 bits per heavy atom. The first kappa shape index (κ1) is 21.8. The van der Waals surface area contributed by atoms with Crippen LogP contribution < -0.4 is 20.9 Å². The highest BCUT2D eigenvalue weighted by Crippen LogP contribution is 2.30. The molecule has 1 aliphatic heterocycles. The summed E-state index contributed by atoms with van der Waals surface area (Å²) in [5.41, 5.74) is -0.551. The Morgan fingerprint density at radius 3 is 2.37 bits per heavy atom. The number of carbonyl (C=O) groups excluding carboxylic acids is 4. The van der Waals surface area contributed by atoms with Crippen molar-refractivity contribution in [2.75, 3.05) is 4.90 Å². The minimum absolute atomic E-state index is 0.116. The second kappa shape index (κ2) is 9.28. The van der Waals surface area contributed by atoms with Crippen LogP contribution in [0.3, 0.4) is 0 Å². The number of amides is 5. The Bertz CT molecular complexity index is 807. The number of benzene rings is 1. The van der Waals surface area contributed by atoms with E-state index >= 15 is 0 Å². The van der Waals surface area contributed by atoms with Crippen molar-refractivity contribution in [1.29, 1.82) is 0 Å². The van der Waals surface area contributed by atoms with E-state index in [4.69, 9.17) is 0 Å². The average molecular weight is 415 g/mol. The van der Waals surface area contributed by atoms with Gasteiger partial charge in [-0.25, -0.2) is 4.79 Å². The molecule has 1 aromatic rings. The van der Waals surface area contributed by atoms with Crippen LogP contribution in [0.15, 0.2) is 30.3 Å². The number of para-hydroxylation sites is 1. The van der Waals surface area contributed by atoms with Crippen LogP contribution in [-0.4, -0.2) is 41.4 Å². The summed E-state index contributed by atoms with van der Waals surface area (Å²) in [6.07, 6.45) is 5.42. The van der Waals surface area contributed by atoms with Crippen LogP contribution in [0.2, 0.25) is 0 Å². The number of hydrogen-bond donors (Lipinski definition) is 3. The largest absolute Gasteiger partial charge is 0.351 e. The number of nitrogens with one attached hydrogen (secondary N) is 3. The van der Waals surface area contributed by atoms with Gasteiger partial charge in [-0.3, -0.25) is 24.6 Å². The van der Waals surface area contributed by atoms with Gasteiger partial charge < -0.3 is 10.6 Å². The van der Waals surface area contributed by atoms with Crippen molar-refractivity contribution in [3.63, 3.8) is 0 Å². The van der Waals surface area contributed by atoms with E-state index in [0.717, 1.165) is 25.7 Å². The lowest BCUT2D eigenvalue weighted by Gasteiger charge is -2.41. The third kappa shape index (κ3) is 4.63. The molecule has 1 aliphatic carbocycles. The van der Waals surface area contributed by atoms with Crippen molar-refractivity contribution in [2.24, 2.45) is 0 Å². The lowest BCUT2D eigenvalue weighted by molar-refractivity contribution is -0.131. The van der Waals surface area contributed by atoms with Crippen molar-refractivity contribution < 1.29 is 19.2 Å². The Labute approximate surface area is 176 Å². The molecule has 5 amide bonds. The summed E-state index contributed by atoms with van der Waals surface area (Å²) in [5, 5.41) is 7.74. The van der Waals surface area contributed by atoms with E-state index in [1.54, 1.807) is 31.2 Å². The minimum atomic E-state index is -1.13. The van der Waals surface area contributed by atoms with Crippen molar-refractivity contribution in [3.05, 3.63) is 30.3 Å². The maximum absolute atomic E-state index is 13.4. The van der Waals surface area contributed by atoms with Crippen molar-refractivity contribution in [3.8, 4) is 0 Å². The molecule has 0 radical (unpaired) electrons. The van der Waals surface area contributed by atoms with Gasteiger partial charge in [-0.15, -0.1) is 0 Å². The molecule has 2 unspecified atom stereocenters. The fraction of sp³-hybridized carbons (Fsp3) is 0.545. The maximum Gasteiger partial charge on any atom is 0.322 e. The zero-order chi connectivity index (χ0) is 21.7. The molecule has 1 aromatic carbocycles. The smallest absolute Gasteiger partial charge is 0.322 e. The average Bonchev–Trinajstić information content (AvgIpc) is 3.06. The predicted octanol–water partition coefficient (Wildman–Crippen LogP) is 2.24. The van der Waals surface area contributed by atoms with Crippen LogP contribution in [0.25, 0.3) is 0 Å². The Morgan fingerprint density at radius 1 is 1.13 bits per heavy atom. The molecule has 3 N–H and O–H groups in total. The second-order valence-electron chi connectivity index (χ2n) is 8.22. The number of anilines is 1. The molecule has 3 rings (SSSR count). The first-order chi connectivity index (χ1) is 14.3. The second-order valence-corrected chi connectivity index (χ2v) is 8.22. The lowest BCUT2D eigenvalue weighted by Crippen LogP contribution is -2.61. The van der Waals surface area contributed by atoms with E-state index in [1.807, 2.05) is 13.0 Å². The summed E-state index contributed by atoms with van der Waals surface area (Å²) in [5.74, 6) is -1.13. The highest BCUT2D eigenvalue weighted by molar-refractivity contribution is 6.09. The standard InChI is InChI=1S/C22H30N4O4/c1-3-22(2,20(29)23-15-10-6-4-7-11-15)26(16-12-8-5-9-13-16)18(27)14-17-19(28)25-21(30)24-17/h5,8-9,12-13,15,17H,3-4,6-7,10-11,14H2,1-2H3,(H,23,29)(H2,24,25,28,30). The maximum atomic E-state index is 13.4. The number of imide groups is 1. The summed E-state index contributed by atoms with van der Waals surface area (Å²) >= 11 is 0. The minimum Gasteiger partial charge on any atom is -0.351 e. The number of nitrogens with zero attached hydrogens (tertiary/aromatic N) is 1. The van der Waals surface area contributed by atoms with Crippen LogP contribution in [-0.2, 0) is 14.4 Å². The Balaban J connectivity index is 1.87. The van der Waals surface area contributed by atoms with Crippen LogP contribution in [0.5, 0.6) is 0 Å². The summed E-state index contributed by atoms with van der Waals surface area (Å²) in [6.45, 7) is 3.62. The van der Waals surface area contributed by atoms with Crippen LogP contribution >= 0.6 is 0 Å². The van der Waals surface area contributed by atoms with E-state index in [0.29, 0.717) is 12.1 Å². The molecule has 1 heterocycles. The van der Waals surface area contributed by atoms with E-state index in [2.05, 4.69) is 16.0 Å². The van der Waals surface area contributed by atoms with Crippen molar-refractivity contribution >= 4 is 29.4 Å². The van der Waals surface area contributed by atoms with E-state index in [9.17, 15) is 19.2 Å². The van der Waals surface area contributed by atoms with Crippen molar-refractivity contribution in [2.45, 2.75) is 76.4 Å². The molecule has 2 aliphatic rings. The highest BCUT2D eigenvalue weighted by Gasteiger charge is 2.44. The van der Waals surface area contributed by atoms with Gasteiger partial charge in [0.25, 0.3) is 5.91 Å². The first-order valence-electron chi connectivity index (χ1n) is 10.7. The van der Waals surface area contributed by atoms with Gasteiger partial charge in [0.05, 0.1) is 6.42 Å². The molecule has 0 aromatic heterocycles. The molecule has 2 fully saturated rings. The molecular weight excluding hydrogens is 384 g/mol. The topological polar surface area (TPSA) is 108 Å². The Hall–Kier alpha value is -2.90. The fourth-order valence-corrected chi connectivity index (χ4v) is 4.16. The molecule has 1 saturated carbocycles. The first-order valence-corrected chi connectivity index (χ1v) is 10.7. The van der Waals surface area contributed by atoms with Gasteiger partial charge in [-0.1, -0.05) is 44.4 Å². The quantitative estimate of drug-likeness (QED) is 0.595. The molecule has 162 valence electrons. The lowest BCUT2D eigenvalue weighted by atomic mass is 9.90. The van der Waals surface area contributed by atoms with Crippen molar-refractivity contribution in [1.82, 2.24) is 16.0 Å². The van der Waals surface area contributed by atoms with Gasteiger partial charge in [-0.2, -0.15) is 0 Å². The molecular formula is C22H30N4O4. The molecule has 8 nitrogen and oxygen atoms in total. The summed E-state index contributed by atoms with van der Waals surface area (Å²) in [6, 6.07) is 7.53. The Kier molecular flexibility index (Phi) is 6.74. The predicted molar refractivity (Wildman–Crippen MR) is 113 cm³/mol. The van der Waals surface area contributed by atoms with Crippen LogP contribution in [0.4, 0.5) is 10.5 Å². The SMILES string of the molecule is CCC(C)(C(=O)NC1CCCCC1)N(C(=O)CC1NC(=O)NC1=O)c1ccccc1. The number of hydrogen-bond acceptors (Lipinski definition) is 4. The third-order valence-corrected chi connectivity index (χ3v) is 6.11. The van der Waals surface area contributed by atoms with Gasteiger partial charge in [0.1, 0.15) is 11.6 Å². The van der Waals surface area contributed by atoms with Gasteiger partial charge >= 0.3 is 6.03 Å². The summed E-state index contributed by atoms with van der Waals surface area (Å²) < 4.78 is 0. The summed E-state index contributed by atoms with van der Waals surface area (Å²) in [4.78, 5) is 51.6. The number of carbonyl (C=O) groups is 4. The number of urea groups is 1. The monoisotopic (exact) mass is 414 g/mol. The van der Waals surface area contributed by atoms with Crippen LogP contribution in [0.1, 0.15) is 58.8 Å². The number of rotatable bonds is 7. The van der Waals surface area contributed by atoms with Gasteiger partial charge in [0.15, 0.2) is 0 Å². The van der Waals surface area contributed by atoms with Gasteiger partial charge in [0.2, 0.25) is 11.8 Å². The fourth-order valence-electron chi connectivity index (χ4n) is 4.16. The summed E-state index contributed by atoms with van der Waals surface area (Å²) in [7, 11) is 0. The molecule has 30 heavy (non-hydrogen) atoms. The highest BCUT2D eigenvalue weighted by atomic mass is 16.2. The molecule has 0 spiro atoms. The van der Waals surface area contributed by atoms with Gasteiger partial charge in [0, 0.05) is 11.7 Å². The normalized spacial score (nSPS) is 21.3.